The zero-order valence-corrected chi connectivity index (χ0v) is 34.5. The predicted molar refractivity (Wildman–Crippen MR) is 227 cm³/mol. The molecule has 0 aliphatic carbocycles. The van der Waals surface area contributed by atoms with E-state index in [9.17, 15) is 14.4 Å². The fraction of sp³-hybridized carbons (Fsp3) is 0.533. The van der Waals surface area contributed by atoms with E-state index in [1.165, 1.54) is 6.42 Å². The summed E-state index contributed by atoms with van der Waals surface area (Å²) in [5, 5.41) is 9.58. The molecule has 57 heavy (non-hydrogen) atoms. The molecule has 3 rings (SSSR count). The molecule has 3 atom stereocenters. The summed E-state index contributed by atoms with van der Waals surface area (Å²) in [4.78, 5) is 40.7. The number of hydrogen-bond donors (Lipinski definition) is 6. The number of carbonyl (C=O) groups is 3. The molecule has 3 aromatic carbocycles. The number of benzene rings is 3. The molecule has 12 heteroatoms. The fourth-order valence-corrected chi connectivity index (χ4v) is 6.82. The third kappa shape index (κ3) is 16.0. The monoisotopic (exact) mass is 789 g/mol. The molecular formula is C45H68N6O6. The van der Waals surface area contributed by atoms with Crippen molar-refractivity contribution in [1.82, 2.24) is 16.0 Å². The Bertz CT molecular complexity index is 1640. The normalized spacial score (nSPS) is 13.3. The van der Waals surface area contributed by atoms with E-state index >= 15 is 0 Å². The van der Waals surface area contributed by atoms with Gasteiger partial charge in [-0.3, -0.25) is 19.7 Å². The van der Waals surface area contributed by atoms with Gasteiger partial charge in [-0.2, -0.15) is 0 Å². The van der Waals surface area contributed by atoms with Gasteiger partial charge in [-0.25, -0.2) is 0 Å². The Morgan fingerprint density at radius 2 is 0.930 bits per heavy atom. The van der Waals surface area contributed by atoms with Crippen molar-refractivity contribution in [3.8, 4) is 17.2 Å². The number of nitrogens with one attached hydrogen (secondary N) is 3. The van der Waals surface area contributed by atoms with E-state index in [-0.39, 0.29) is 19.6 Å². The molecule has 0 fully saturated rings. The number of rotatable bonds is 32. The first-order chi connectivity index (χ1) is 27.6. The topological polar surface area (TPSA) is 193 Å². The highest BCUT2D eigenvalue weighted by Crippen LogP contribution is 2.21. The third-order valence-electron chi connectivity index (χ3n) is 9.99. The van der Waals surface area contributed by atoms with Crippen LogP contribution in [0.3, 0.4) is 0 Å². The number of primary amides is 3. The molecule has 314 valence electrons. The minimum atomic E-state index is -2.04. The van der Waals surface area contributed by atoms with E-state index < -0.39 is 35.3 Å². The minimum Gasteiger partial charge on any atom is -0.494 e. The smallest absolute Gasteiger partial charge is 0.242 e. The third-order valence-corrected chi connectivity index (χ3v) is 9.99. The Balaban J connectivity index is 1.85. The molecule has 0 aromatic heterocycles. The Hall–Kier alpha value is -4.65. The van der Waals surface area contributed by atoms with Gasteiger partial charge in [0.05, 0.1) is 19.8 Å². The quantitative estimate of drug-likeness (QED) is 0.0466. The van der Waals surface area contributed by atoms with Crippen LogP contribution in [0.5, 0.6) is 17.2 Å². The molecule has 0 saturated carbocycles. The lowest BCUT2D eigenvalue weighted by atomic mass is 9.79. The van der Waals surface area contributed by atoms with Crippen LogP contribution >= 0.6 is 0 Å². The number of unbranched alkanes of at least 4 members (excludes halogenated alkanes) is 6. The van der Waals surface area contributed by atoms with Crippen molar-refractivity contribution in [2.75, 3.05) is 39.5 Å². The van der Waals surface area contributed by atoms with Crippen LogP contribution in [0.15, 0.2) is 72.8 Å². The maximum absolute atomic E-state index is 13.8. The van der Waals surface area contributed by atoms with Gasteiger partial charge in [0.2, 0.25) is 17.7 Å². The molecule has 0 heterocycles. The van der Waals surface area contributed by atoms with Crippen molar-refractivity contribution >= 4 is 17.7 Å². The molecule has 0 radical (unpaired) electrons. The van der Waals surface area contributed by atoms with Gasteiger partial charge in [-0.1, -0.05) is 95.7 Å². The van der Waals surface area contributed by atoms with Crippen LogP contribution < -0.4 is 47.4 Å². The zero-order valence-electron chi connectivity index (χ0n) is 34.5. The highest BCUT2D eigenvalue weighted by atomic mass is 16.5. The highest BCUT2D eigenvalue weighted by molar-refractivity contribution is 6.01. The molecule has 0 aliphatic heterocycles. The van der Waals surface area contributed by atoms with Gasteiger partial charge >= 0.3 is 0 Å². The van der Waals surface area contributed by atoms with Crippen LogP contribution in [0.4, 0.5) is 0 Å². The molecular weight excluding hydrogens is 721 g/mol. The molecule has 9 N–H and O–H groups in total. The molecule has 3 unspecified atom stereocenters. The summed E-state index contributed by atoms with van der Waals surface area (Å²) in [6, 6.07) is 20.3. The summed E-state index contributed by atoms with van der Waals surface area (Å²) in [5.41, 5.74) is 19.1. The highest BCUT2D eigenvalue weighted by Gasteiger charge is 2.55. The molecule has 0 spiro atoms. The van der Waals surface area contributed by atoms with E-state index in [4.69, 9.17) is 31.4 Å². The Morgan fingerprint density at radius 3 is 1.33 bits per heavy atom. The summed E-state index contributed by atoms with van der Waals surface area (Å²) in [7, 11) is 0. The average molecular weight is 789 g/mol. The van der Waals surface area contributed by atoms with Crippen molar-refractivity contribution in [2.24, 2.45) is 17.2 Å². The first-order valence-corrected chi connectivity index (χ1v) is 20.9. The number of ether oxygens (including phenoxy) is 3. The minimum absolute atomic E-state index is 0.161. The Labute approximate surface area is 340 Å². The Kier molecular flexibility index (Phi) is 21.6. The SMILES string of the molecule is CCCCCCOc1cccc(CCNC(C(N)=O)(C(NCCc2cccc(OCCCC)c2)C(N)=O)C(NCCc2cccc(OCCCCC)c2)C(N)=O)c1. The molecule has 3 aromatic rings. The molecule has 12 nitrogen and oxygen atoms in total. The summed E-state index contributed by atoms with van der Waals surface area (Å²) in [5.74, 6) is -0.430. The number of amides is 3. The Morgan fingerprint density at radius 1 is 0.544 bits per heavy atom. The lowest BCUT2D eigenvalue weighted by molar-refractivity contribution is -0.137. The van der Waals surface area contributed by atoms with Crippen molar-refractivity contribution in [2.45, 2.75) is 115 Å². The van der Waals surface area contributed by atoms with E-state index in [2.05, 4.69) is 36.7 Å². The van der Waals surface area contributed by atoms with Gasteiger partial charge in [0.25, 0.3) is 0 Å². The number of carbonyl (C=O) groups excluding carboxylic acids is 3. The van der Waals surface area contributed by atoms with E-state index in [1.54, 1.807) is 0 Å². The van der Waals surface area contributed by atoms with E-state index in [0.717, 1.165) is 85.3 Å². The van der Waals surface area contributed by atoms with Crippen LogP contribution in [0.2, 0.25) is 0 Å². The molecule has 3 amide bonds. The van der Waals surface area contributed by atoms with Crippen LogP contribution in [-0.4, -0.2) is 74.8 Å². The maximum atomic E-state index is 13.8. The summed E-state index contributed by atoms with van der Waals surface area (Å²) >= 11 is 0. The molecule has 0 aliphatic rings. The van der Waals surface area contributed by atoms with E-state index in [0.29, 0.717) is 39.1 Å². The first-order valence-electron chi connectivity index (χ1n) is 20.9. The number of hydrogen-bond acceptors (Lipinski definition) is 9. The second-order valence-corrected chi connectivity index (χ2v) is 14.6. The second kappa shape index (κ2) is 26.3. The van der Waals surface area contributed by atoms with Crippen LogP contribution in [0.25, 0.3) is 0 Å². The largest absolute Gasteiger partial charge is 0.494 e. The first kappa shape index (κ1) is 46.7. The second-order valence-electron chi connectivity index (χ2n) is 14.6. The fourth-order valence-electron chi connectivity index (χ4n) is 6.82. The standard InChI is InChI=1S/C45H68N6O6/c1-4-7-10-12-30-57-39-21-15-18-36(33-39)24-27-51-45(44(48)54,40(42(46)52)49-25-22-34-16-13-19-37(31-34)55-28-9-6-3)41(43(47)53)50-26-23-35-17-14-20-38(32-35)56-29-11-8-5-2/h13-21,31-33,40-41,49-51H,4-12,22-30H2,1-3H3,(H2,46,52)(H2,47,53)(H2,48,54). The van der Waals surface area contributed by atoms with Gasteiger partial charge in [0.15, 0.2) is 0 Å². The molecule has 0 saturated heterocycles. The van der Waals surface area contributed by atoms with Gasteiger partial charge in [0.1, 0.15) is 34.9 Å². The summed E-state index contributed by atoms with van der Waals surface area (Å²) in [6.45, 7) is 8.92. The lowest BCUT2D eigenvalue weighted by Gasteiger charge is -2.42. The van der Waals surface area contributed by atoms with Crippen molar-refractivity contribution in [1.29, 1.82) is 0 Å². The summed E-state index contributed by atoms with van der Waals surface area (Å²) in [6.07, 6.45) is 10.9. The van der Waals surface area contributed by atoms with Gasteiger partial charge < -0.3 is 42.0 Å². The summed E-state index contributed by atoms with van der Waals surface area (Å²) < 4.78 is 17.8. The van der Waals surface area contributed by atoms with E-state index in [1.807, 2.05) is 72.8 Å². The van der Waals surface area contributed by atoms with Crippen molar-refractivity contribution in [3.63, 3.8) is 0 Å². The predicted octanol–water partition coefficient (Wildman–Crippen LogP) is 5.12. The maximum Gasteiger partial charge on any atom is 0.242 e. The van der Waals surface area contributed by atoms with Crippen molar-refractivity contribution < 1.29 is 28.6 Å². The van der Waals surface area contributed by atoms with Crippen LogP contribution in [-0.2, 0) is 33.6 Å². The molecule has 0 bridgehead atoms. The van der Waals surface area contributed by atoms with Crippen LogP contribution in [0, 0.1) is 0 Å². The van der Waals surface area contributed by atoms with Gasteiger partial charge in [-0.05, 0) is 105 Å². The zero-order chi connectivity index (χ0) is 41.3. The van der Waals surface area contributed by atoms with Crippen molar-refractivity contribution in [3.05, 3.63) is 89.5 Å². The van der Waals surface area contributed by atoms with Gasteiger partial charge in [-0.15, -0.1) is 0 Å². The van der Waals surface area contributed by atoms with Crippen LogP contribution in [0.1, 0.15) is 95.2 Å². The lowest BCUT2D eigenvalue weighted by Crippen LogP contribution is -2.80. The average Bonchev–Trinajstić information content (AvgIpc) is 3.19. The number of nitrogens with two attached hydrogens (primary N) is 3. The van der Waals surface area contributed by atoms with Gasteiger partial charge in [0, 0.05) is 6.54 Å².